The highest BCUT2D eigenvalue weighted by Crippen LogP contribution is 2.41. The SMILES string of the molecule is CC(C)(C)c1ccc2c(n1)N1C[C@@H](CC[C@H](c3cccc(C4CNC4)n3)Nc3cccc(n3)S(=O)(=O)NC2=O)CC1(C)C. The minimum absolute atomic E-state index is 0.173. The van der Waals surface area contributed by atoms with Crippen LogP contribution < -0.4 is 20.3 Å². The van der Waals surface area contributed by atoms with Crippen LogP contribution >= 0.6 is 0 Å². The Morgan fingerprint density at radius 2 is 1.67 bits per heavy atom. The third-order valence-corrected chi connectivity index (χ3v) is 10.1. The van der Waals surface area contributed by atoms with Gasteiger partial charge in [0.05, 0.1) is 17.3 Å². The number of nitrogens with one attached hydrogen (secondary N) is 3. The Morgan fingerprint density at radius 3 is 2.40 bits per heavy atom. The number of fused-ring (bicyclic) bond motifs is 6. The molecule has 228 valence electrons. The zero-order chi connectivity index (χ0) is 30.6. The first-order valence-corrected chi connectivity index (χ1v) is 16.6. The van der Waals surface area contributed by atoms with Gasteiger partial charge in [-0.15, -0.1) is 0 Å². The van der Waals surface area contributed by atoms with E-state index in [9.17, 15) is 13.2 Å². The second kappa shape index (κ2) is 10.9. The summed E-state index contributed by atoms with van der Waals surface area (Å²) in [5.41, 5.74) is 2.50. The zero-order valence-electron chi connectivity index (χ0n) is 25.5. The summed E-state index contributed by atoms with van der Waals surface area (Å²) in [7, 11) is -4.27. The molecule has 2 saturated heterocycles. The second-order valence-electron chi connectivity index (χ2n) is 13.7. The molecular formula is C32H41N7O3S. The van der Waals surface area contributed by atoms with Crippen LogP contribution in [-0.2, 0) is 15.4 Å². The smallest absolute Gasteiger partial charge is 0.281 e. The Balaban J connectivity index is 1.43. The Kier molecular flexibility index (Phi) is 7.45. The maximum atomic E-state index is 13.6. The number of rotatable bonds is 2. The van der Waals surface area contributed by atoms with Gasteiger partial charge in [0.1, 0.15) is 11.6 Å². The highest BCUT2D eigenvalue weighted by Gasteiger charge is 2.41. The van der Waals surface area contributed by atoms with Crippen molar-refractivity contribution in [2.24, 2.45) is 5.92 Å². The summed E-state index contributed by atoms with van der Waals surface area (Å²) < 4.78 is 29.2. The molecule has 0 aliphatic carbocycles. The Morgan fingerprint density at radius 1 is 0.930 bits per heavy atom. The number of aromatic nitrogens is 3. The van der Waals surface area contributed by atoms with E-state index in [-0.39, 0.29) is 27.6 Å². The van der Waals surface area contributed by atoms with E-state index in [1.54, 1.807) is 18.2 Å². The molecule has 6 rings (SSSR count). The quantitative estimate of drug-likeness (QED) is 0.387. The minimum atomic E-state index is -4.27. The molecule has 3 N–H and O–H groups in total. The number of carbonyl (C=O) groups is 1. The fraction of sp³-hybridized carbons (Fsp3) is 0.500. The van der Waals surface area contributed by atoms with E-state index in [4.69, 9.17) is 9.97 Å². The van der Waals surface area contributed by atoms with Gasteiger partial charge in [-0.25, -0.2) is 14.7 Å². The van der Waals surface area contributed by atoms with Crippen molar-refractivity contribution in [3.63, 3.8) is 0 Å². The standard InChI is InChI=1S/C32H41N7O3S/c1-31(2,3)26-15-13-22-29(36-26)39-19-20(16-32(39,4)5)12-14-25(24-9-6-8-23(34-24)21-17-33-18-21)35-27-10-7-11-28(37-27)43(41,42)38-30(22)40/h6-11,13,15,20-21,25,33H,12,14,16-19H2,1-5H3,(H,35,37)(H,38,40)/t20-,25+/m0/s1. The lowest BCUT2D eigenvalue weighted by atomic mass is 9.90. The monoisotopic (exact) mass is 603 g/mol. The van der Waals surface area contributed by atoms with Crippen molar-refractivity contribution in [2.75, 3.05) is 29.9 Å². The van der Waals surface area contributed by atoms with Gasteiger partial charge in [0.2, 0.25) is 0 Å². The van der Waals surface area contributed by atoms with E-state index >= 15 is 0 Å². The van der Waals surface area contributed by atoms with Gasteiger partial charge >= 0.3 is 0 Å². The molecule has 3 aromatic rings. The van der Waals surface area contributed by atoms with Crippen LogP contribution in [0.2, 0.25) is 0 Å². The summed E-state index contributed by atoms with van der Waals surface area (Å²) in [6, 6.07) is 14.3. The predicted octanol–water partition coefficient (Wildman–Crippen LogP) is 4.53. The average molecular weight is 604 g/mol. The summed E-state index contributed by atoms with van der Waals surface area (Å²) in [4.78, 5) is 30.3. The van der Waals surface area contributed by atoms with E-state index < -0.39 is 15.9 Å². The van der Waals surface area contributed by atoms with Crippen molar-refractivity contribution in [1.82, 2.24) is 25.0 Å². The summed E-state index contributed by atoms with van der Waals surface area (Å²) in [6.07, 6.45) is 2.61. The first-order valence-electron chi connectivity index (χ1n) is 15.1. The third kappa shape index (κ3) is 5.97. The fourth-order valence-electron chi connectivity index (χ4n) is 6.34. The van der Waals surface area contributed by atoms with Crippen LogP contribution in [0.5, 0.6) is 0 Å². The van der Waals surface area contributed by atoms with Gasteiger partial charge in [-0.3, -0.25) is 9.78 Å². The lowest BCUT2D eigenvalue weighted by Crippen LogP contribution is -2.41. The number of nitrogens with zero attached hydrogens (tertiary/aromatic N) is 4. The van der Waals surface area contributed by atoms with Gasteiger partial charge in [-0.1, -0.05) is 32.9 Å². The Labute approximate surface area is 254 Å². The van der Waals surface area contributed by atoms with Crippen LogP contribution in [0.4, 0.5) is 11.6 Å². The molecule has 3 aromatic heterocycles. The molecule has 43 heavy (non-hydrogen) atoms. The van der Waals surface area contributed by atoms with E-state index in [1.807, 2.05) is 18.2 Å². The number of amides is 1. The van der Waals surface area contributed by atoms with E-state index in [2.05, 4.69) is 65.9 Å². The molecule has 0 spiro atoms. The number of sulfonamides is 1. The summed E-state index contributed by atoms with van der Waals surface area (Å²) in [6.45, 7) is 13.1. The maximum absolute atomic E-state index is 13.6. The first-order chi connectivity index (χ1) is 20.3. The lowest BCUT2D eigenvalue weighted by Gasteiger charge is -2.34. The van der Waals surface area contributed by atoms with Gasteiger partial charge in [-0.05, 0) is 75.4 Å². The van der Waals surface area contributed by atoms with Crippen molar-refractivity contribution < 1.29 is 13.2 Å². The summed E-state index contributed by atoms with van der Waals surface area (Å²) in [5.74, 6) is 0.941. The van der Waals surface area contributed by atoms with Gasteiger partial charge in [0, 0.05) is 47.9 Å². The Bertz CT molecular complexity index is 1650. The number of hydrogen-bond donors (Lipinski definition) is 3. The van der Waals surface area contributed by atoms with Crippen molar-refractivity contribution in [3.8, 4) is 0 Å². The molecule has 0 aromatic carbocycles. The molecule has 2 atom stereocenters. The van der Waals surface area contributed by atoms with E-state index in [0.717, 1.165) is 49.4 Å². The Hall–Kier alpha value is -3.57. The topological polar surface area (TPSA) is 129 Å². The molecule has 3 aliphatic heterocycles. The average Bonchev–Trinajstić information content (AvgIpc) is 3.22. The zero-order valence-corrected chi connectivity index (χ0v) is 26.3. The minimum Gasteiger partial charge on any atom is -0.362 e. The second-order valence-corrected chi connectivity index (χ2v) is 15.4. The van der Waals surface area contributed by atoms with E-state index in [1.165, 1.54) is 6.07 Å². The van der Waals surface area contributed by atoms with Crippen LogP contribution in [0.25, 0.3) is 0 Å². The fourth-order valence-corrected chi connectivity index (χ4v) is 7.27. The van der Waals surface area contributed by atoms with Crippen LogP contribution in [0.1, 0.15) is 93.3 Å². The van der Waals surface area contributed by atoms with Crippen molar-refractivity contribution >= 4 is 27.6 Å². The molecule has 0 unspecified atom stereocenters. The molecule has 0 saturated carbocycles. The molecule has 0 radical (unpaired) electrons. The van der Waals surface area contributed by atoms with Gasteiger partial charge in [0.25, 0.3) is 15.9 Å². The van der Waals surface area contributed by atoms with Crippen LogP contribution in [0.15, 0.2) is 53.6 Å². The lowest BCUT2D eigenvalue weighted by molar-refractivity contribution is 0.0981. The van der Waals surface area contributed by atoms with Gasteiger partial charge in [0.15, 0.2) is 5.03 Å². The molecule has 2 fully saturated rings. The molecule has 10 nitrogen and oxygen atoms in total. The molecule has 1 amide bonds. The van der Waals surface area contributed by atoms with Crippen molar-refractivity contribution in [3.05, 3.63) is 71.2 Å². The van der Waals surface area contributed by atoms with Crippen LogP contribution in [-0.4, -0.2) is 54.5 Å². The molecule has 6 heterocycles. The number of carbonyl (C=O) groups excluding carboxylic acids is 1. The molecule has 11 heteroatoms. The summed E-state index contributed by atoms with van der Waals surface area (Å²) >= 11 is 0. The highest BCUT2D eigenvalue weighted by molar-refractivity contribution is 7.90. The normalized spacial score (nSPS) is 23.7. The largest absolute Gasteiger partial charge is 0.362 e. The van der Waals surface area contributed by atoms with Gasteiger partial charge < -0.3 is 15.5 Å². The van der Waals surface area contributed by atoms with Crippen LogP contribution in [0.3, 0.4) is 0 Å². The molecular weight excluding hydrogens is 562 g/mol. The number of pyridine rings is 3. The van der Waals surface area contributed by atoms with Crippen molar-refractivity contribution in [1.29, 1.82) is 0 Å². The third-order valence-electron chi connectivity index (χ3n) is 8.86. The van der Waals surface area contributed by atoms with Crippen molar-refractivity contribution in [2.45, 2.75) is 81.8 Å². The molecule has 3 aliphatic rings. The van der Waals surface area contributed by atoms with Gasteiger partial charge in [-0.2, -0.15) is 8.42 Å². The highest BCUT2D eigenvalue weighted by atomic mass is 32.2. The molecule has 4 bridgehead atoms. The number of anilines is 2. The van der Waals surface area contributed by atoms with E-state index in [0.29, 0.717) is 30.0 Å². The first kappa shape index (κ1) is 29.5. The van der Waals surface area contributed by atoms with Crippen LogP contribution in [0, 0.1) is 5.92 Å². The maximum Gasteiger partial charge on any atom is 0.281 e. The summed E-state index contributed by atoms with van der Waals surface area (Å²) in [5, 5.41) is 6.57. The number of hydrogen-bond acceptors (Lipinski definition) is 9. The predicted molar refractivity (Wildman–Crippen MR) is 167 cm³/mol.